The summed E-state index contributed by atoms with van der Waals surface area (Å²) in [5, 5.41) is 3.62. The Kier molecular flexibility index (Phi) is 5.75. The topological polar surface area (TPSA) is 101 Å². The number of primary amides is 1. The van der Waals surface area contributed by atoms with E-state index in [4.69, 9.17) is 10.2 Å². The number of nitrogens with zero attached hydrogens (tertiary/aromatic N) is 2. The lowest BCUT2D eigenvalue weighted by atomic mass is 9.75. The van der Waals surface area contributed by atoms with E-state index in [2.05, 4.69) is 10.3 Å². The molecule has 1 unspecified atom stereocenters. The van der Waals surface area contributed by atoms with E-state index in [0.29, 0.717) is 11.4 Å². The van der Waals surface area contributed by atoms with Crippen LogP contribution in [-0.4, -0.2) is 42.3 Å². The van der Waals surface area contributed by atoms with Gasteiger partial charge in [-0.25, -0.2) is 4.98 Å². The van der Waals surface area contributed by atoms with Crippen molar-refractivity contribution in [2.24, 2.45) is 17.6 Å². The molecule has 0 radical (unpaired) electrons. The maximum absolute atomic E-state index is 11.0. The average molecular weight is 358 g/mol. The van der Waals surface area contributed by atoms with E-state index in [1.54, 1.807) is 19.3 Å². The Balaban J connectivity index is 0.000000152. The number of amides is 2. The minimum atomic E-state index is -0.604. The number of piperidine rings is 1. The first-order valence-corrected chi connectivity index (χ1v) is 9.18. The highest BCUT2D eigenvalue weighted by molar-refractivity contribution is 6.04. The molecular formula is C19H26N4O3. The van der Waals surface area contributed by atoms with Crippen LogP contribution in [0.1, 0.15) is 42.7 Å². The number of aromatic nitrogens is 1. The summed E-state index contributed by atoms with van der Waals surface area (Å²) in [4.78, 5) is 27.5. The van der Waals surface area contributed by atoms with Crippen LogP contribution in [0.2, 0.25) is 0 Å². The zero-order chi connectivity index (χ0) is 18.5. The molecule has 1 aliphatic heterocycles. The van der Waals surface area contributed by atoms with Crippen LogP contribution in [0, 0.1) is 11.8 Å². The summed E-state index contributed by atoms with van der Waals surface area (Å²) in [7, 11) is 1.70. The fraction of sp³-hybridized carbons (Fsp3) is 0.526. The van der Waals surface area contributed by atoms with Crippen LogP contribution in [-0.2, 0) is 4.79 Å². The lowest BCUT2D eigenvalue weighted by Gasteiger charge is -2.39. The standard InChI is InChI=1S/C10H17NO.C9H9N3O2/c12-8-11-6-5-9-3-1-2-4-10(9)7-11;1-11-6-5-3-2-4-12-9(5)14-7(6)8(10)13/h8-10H,1-7H2;2-4,11H,1H3,(H2,10,13)/t9?,10-;/m1./s1. The Morgan fingerprint density at radius 1 is 1.35 bits per heavy atom. The third kappa shape index (κ3) is 3.81. The molecule has 0 spiro atoms. The molecule has 1 aliphatic carbocycles. The van der Waals surface area contributed by atoms with Gasteiger partial charge in [-0.3, -0.25) is 9.59 Å². The van der Waals surface area contributed by atoms with Crippen molar-refractivity contribution in [3.05, 3.63) is 24.1 Å². The zero-order valence-corrected chi connectivity index (χ0v) is 15.1. The summed E-state index contributed by atoms with van der Waals surface area (Å²) in [6, 6.07) is 3.58. The van der Waals surface area contributed by atoms with Gasteiger partial charge in [0, 0.05) is 26.3 Å². The molecule has 140 valence electrons. The summed E-state index contributed by atoms with van der Waals surface area (Å²) in [5.41, 5.74) is 6.15. The molecule has 3 heterocycles. The number of hydrogen-bond acceptors (Lipinski definition) is 5. The van der Waals surface area contributed by atoms with Gasteiger partial charge in [-0.2, -0.15) is 0 Å². The van der Waals surface area contributed by atoms with E-state index in [1.807, 2.05) is 11.0 Å². The van der Waals surface area contributed by atoms with E-state index in [1.165, 1.54) is 32.1 Å². The van der Waals surface area contributed by atoms with E-state index < -0.39 is 5.91 Å². The van der Waals surface area contributed by atoms with E-state index in [9.17, 15) is 9.59 Å². The molecule has 2 aliphatic rings. The number of rotatable bonds is 3. The van der Waals surface area contributed by atoms with Crippen LogP contribution in [0.25, 0.3) is 11.1 Å². The first kappa shape index (κ1) is 18.2. The first-order chi connectivity index (χ1) is 12.6. The van der Waals surface area contributed by atoms with Crippen molar-refractivity contribution in [1.82, 2.24) is 9.88 Å². The van der Waals surface area contributed by atoms with Crippen LogP contribution in [0.3, 0.4) is 0 Å². The van der Waals surface area contributed by atoms with Gasteiger partial charge in [0.1, 0.15) is 0 Å². The number of fused-ring (bicyclic) bond motifs is 2. The minimum Gasteiger partial charge on any atom is -0.430 e. The molecule has 4 rings (SSSR count). The van der Waals surface area contributed by atoms with Gasteiger partial charge in [-0.15, -0.1) is 0 Å². The predicted molar refractivity (Wildman–Crippen MR) is 99.8 cm³/mol. The first-order valence-electron chi connectivity index (χ1n) is 9.18. The van der Waals surface area contributed by atoms with Crippen LogP contribution in [0.4, 0.5) is 5.69 Å². The van der Waals surface area contributed by atoms with Crippen LogP contribution in [0.15, 0.2) is 22.7 Å². The molecule has 2 fully saturated rings. The van der Waals surface area contributed by atoms with Crippen LogP contribution in [0.5, 0.6) is 0 Å². The largest absolute Gasteiger partial charge is 0.430 e. The molecule has 2 atom stereocenters. The van der Waals surface area contributed by atoms with E-state index >= 15 is 0 Å². The lowest BCUT2D eigenvalue weighted by molar-refractivity contribution is -0.120. The fourth-order valence-electron chi connectivity index (χ4n) is 4.08. The SMILES string of the molecule is CNc1c(C(N)=O)oc2ncccc12.O=CN1CCC2CCCC[C@@H]2C1. The van der Waals surface area contributed by atoms with Crippen molar-refractivity contribution in [1.29, 1.82) is 0 Å². The highest BCUT2D eigenvalue weighted by atomic mass is 16.4. The molecule has 7 nitrogen and oxygen atoms in total. The molecule has 2 aromatic heterocycles. The number of hydrogen-bond donors (Lipinski definition) is 2. The smallest absolute Gasteiger partial charge is 0.286 e. The van der Waals surface area contributed by atoms with Crippen molar-refractivity contribution in [2.45, 2.75) is 32.1 Å². The van der Waals surface area contributed by atoms with Gasteiger partial charge in [0.25, 0.3) is 5.91 Å². The third-order valence-electron chi connectivity index (χ3n) is 5.41. The van der Waals surface area contributed by atoms with Gasteiger partial charge >= 0.3 is 0 Å². The van der Waals surface area contributed by atoms with Gasteiger partial charge in [0.05, 0.1) is 11.1 Å². The fourth-order valence-corrected chi connectivity index (χ4v) is 4.08. The summed E-state index contributed by atoms with van der Waals surface area (Å²) in [6.45, 7) is 2.04. The second kappa shape index (κ2) is 8.21. The minimum absolute atomic E-state index is 0.112. The van der Waals surface area contributed by atoms with Crippen molar-refractivity contribution >= 4 is 29.1 Å². The molecule has 1 saturated heterocycles. The molecule has 7 heteroatoms. The normalized spacial score (nSPS) is 22.1. The summed E-state index contributed by atoms with van der Waals surface area (Å²) in [5.74, 6) is 1.28. The summed E-state index contributed by atoms with van der Waals surface area (Å²) in [6.07, 6.45) is 9.44. The molecule has 2 aromatic rings. The van der Waals surface area contributed by atoms with Crippen LogP contribution < -0.4 is 11.1 Å². The Labute approximate surface area is 152 Å². The highest BCUT2D eigenvalue weighted by Gasteiger charge is 2.30. The molecule has 0 bridgehead atoms. The number of anilines is 1. The maximum atomic E-state index is 11.0. The van der Waals surface area contributed by atoms with Gasteiger partial charge in [-0.1, -0.05) is 19.3 Å². The maximum Gasteiger partial charge on any atom is 0.286 e. The number of nitrogens with two attached hydrogens (primary N) is 1. The number of furan rings is 1. The lowest BCUT2D eigenvalue weighted by Crippen LogP contribution is -2.40. The Morgan fingerprint density at radius 2 is 2.12 bits per heavy atom. The molecule has 3 N–H and O–H groups in total. The third-order valence-corrected chi connectivity index (χ3v) is 5.41. The van der Waals surface area contributed by atoms with Crippen molar-refractivity contribution < 1.29 is 14.0 Å². The quantitative estimate of drug-likeness (QED) is 0.821. The second-order valence-corrected chi connectivity index (χ2v) is 6.97. The van der Waals surface area contributed by atoms with Gasteiger partial charge < -0.3 is 20.4 Å². The Bertz CT molecular complexity index is 773. The molecule has 2 amide bonds. The van der Waals surface area contributed by atoms with Crippen LogP contribution >= 0.6 is 0 Å². The Morgan fingerprint density at radius 3 is 2.81 bits per heavy atom. The van der Waals surface area contributed by atoms with Gasteiger partial charge in [-0.05, 0) is 36.8 Å². The number of likely N-dealkylation sites (tertiary alicyclic amines) is 1. The molecular weight excluding hydrogens is 332 g/mol. The zero-order valence-electron chi connectivity index (χ0n) is 15.1. The second-order valence-electron chi connectivity index (χ2n) is 6.97. The number of pyridine rings is 1. The Hall–Kier alpha value is -2.57. The van der Waals surface area contributed by atoms with E-state index in [-0.39, 0.29) is 5.76 Å². The van der Waals surface area contributed by atoms with Crippen molar-refractivity contribution in [2.75, 3.05) is 25.5 Å². The summed E-state index contributed by atoms with van der Waals surface area (Å²) >= 11 is 0. The molecule has 26 heavy (non-hydrogen) atoms. The molecule has 0 aromatic carbocycles. The highest BCUT2D eigenvalue weighted by Crippen LogP contribution is 2.35. The van der Waals surface area contributed by atoms with Crippen molar-refractivity contribution in [3.8, 4) is 0 Å². The van der Waals surface area contributed by atoms with Crippen molar-refractivity contribution in [3.63, 3.8) is 0 Å². The monoisotopic (exact) mass is 358 g/mol. The number of carbonyl (C=O) groups is 2. The van der Waals surface area contributed by atoms with Gasteiger partial charge in [0.15, 0.2) is 0 Å². The number of carbonyl (C=O) groups excluding carboxylic acids is 2. The summed E-state index contributed by atoms with van der Waals surface area (Å²) < 4.78 is 5.20. The predicted octanol–water partition coefficient (Wildman–Crippen LogP) is 2.62. The average Bonchev–Trinajstić information content (AvgIpc) is 3.07. The molecule has 1 saturated carbocycles. The van der Waals surface area contributed by atoms with Gasteiger partial charge in [0.2, 0.25) is 17.9 Å². The van der Waals surface area contributed by atoms with E-state index in [0.717, 1.165) is 36.7 Å². The number of nitrogens with one attached hydrogen (secondary N) is 1.